The average Bonchev–Trinajstić information content (AvgIpc) is 3.14. The Morgan fingerprint density at radius 3 is 2.14 bits per heavy atom. The van der Waals surface area contributed by atoms with E-state index in [1.54, 1.807) is 0 Å². The van der Waals surface area contributed by atoms with Crippen LogP contribution in [0.1, 0.15) is 134 Å². The molecule has 250 valence electrons. The zero-order valence-electron chi connectivity index (χ0n) is 31.5. The van der Waals surface area contributed by atoms with E-state index in [-0.39, 0.29) is 11.1 Å². The first-order valence-electron chi connectivity index (χ1n) is 17.8. The van der Waals surface area contributed by atoms with Crippen molar-refractivity contribution in [3.05, 3.63) is 36.0 Å². The van der Waals surface area contributed by atoms with E-state index in [1.807, 2.05) is 13.8 Å². The maximum absolute atomic E-state index is 10.2. The van der Waals surface area contributed by atoms with Gasteiger partial charge in [0.05, 0.1) is 19.8 Å². The third-order valence-electron chi connectivity index (χ3n) is 13.0. The van der Waals surface area contributed by atoms with Gasteiger partial charge < -0.3 is 9.53 Å². The van der Waals surface area contributed by atoms with Crippen LogP contribution < -0.4 is 0 Å². The first-order valence-corrected chi connectivity index (χ1v) is 23.8. The van der Waals surface area contributed by atoms with Gasteiger partial charge in [-0.25, -0.2) is 0 Å². The lowest BCUT2D eigenvalue weighted by Gasteiger charge is -2.49. The second-order valence-electron chi connectivity index (χ2n) is 18.8. The van der Waals surface area contributed by atoms with Crippen molar-refractivity contribution >= 4 is 16.4 Å². The molecular weight excluding hydrogens is 557 g/mol. The number of hydrogen-bond acceptors (Lipinski definition) is 2. The van der Waals surface area contributed by atoms with Crippen LogP contribution in [0.25, 0.3) is 0 Å². The van der Waals surface area contributed by atoms with Gasteiger partial charge in [-0.1, -0.05) is 119 Å². The summed E-state index contributed by atoms with van der Waals surface area (Å²) in [5.74, 6) is 2.08. The molecule has 0 saturated heterocycles. The molecule has 0 aromatic rings. The topological polar surface area (TPSA) is 29.5 Å². The maximum atomic E-state index is 10.2. The van der Waals surface area contributed by atoms with Crippen LogP contribution in [0.5, 0.6) is 0 Å². The summed E-state index contributed by atoms with van der Waals surface area (Å²) < 4.78 is 7.14. The van der Waals surface area contributed by atoms with Crippen LogP contribution in [0, 0.1) is 23.2 Å². The van der Waals surface area contributed by atoms with Crippen molar-refractivity contribution in [1.29, 1.82) is 0 Å². The highest BCUT2D eigenvalue weighted by molar-refractivity contribution is 6.81. The SMILES string of the molecule is C=C1/C(=C/C=C/C2CCC(C(C)CCCC(C)(C)O)C2(C)CCC)CC([Si](C)(C)C(C)(C)C)CC1O[Si](C)(C)C(C)(C)C. The highest BCUT2D eigenvalue weighted by Crippen LogP contribution is 2.56. The predicted molar refractivity (Wildman–Crippen MR) is 197 cm³/mol. The zero-order valence-corrected chi connectivity index (χ0v) is 33.5. The van der Waals surface area contributed by atoms with Crippen molar-refractivity contribution in [3.63, 3.8) is 0 Å². The molecule has 0 heterocycles. The van der Waals surface area contributed by atoms with E-state index in [4.69, 9.17) is 11.0 Å². The van der Waals surface area contributed by atoms with E-state index in [1.165, 1.54) is 43.3 Å². The van der Waals surface area contributed by atoms with E-state index in [9.17, 15) is 5.11 Å². The summed E-state index contributed by atoms with van der Waals surface area (Å²) in [6.07, 6.45) is 18.2. The van der Waals surface area contributed by atoms with E-state index in [0.717, 1.165) is 31.6 Å². The zero-order chi connectivity index (χ0) is 33.2. The molecule has 6 atom stereocenters. The van der Waals surface area contributed by atoms with Gasteiger partial charge in [0.2, 0.25) is 0 Å². The maximum Gasteiger partial charge on any atom is 0.192 e. The van der Waals surface area contributed by atoms with E-state index < -0.39 is 22.0 Å². The number of rotatable bonds is 12. The van der Waals surface area contributed by atoms with Gasteiger partial charge in [0.25, 0.3) is 0 Å². The van der Waals surface area contributed by atoms with Gasteiger partial charge in [0.1, 0.15) is 0 Å². The first kappa shape index (κ1) is 38.8. The van der Waals surface area contributed by atoms with Crippen molar-refractivity contribution in [2.24, 2.45) is 23.2 Å². The molecule has 2 saturated carbocycles. The van der Waals surface area contributed by atoms with Crippen LogP contribution in [0.4, 0.5) is 0 Å². The Labute approximate surface area is 271 Å². The van der Waals surface area contributed by atoms with Gasteiger partial charge in [0, 0.05) is 0 Å². The largest absolute Gasteiger partial charge is 0.410 e. The van der Waals surface area contributed by atoms with E-state index in [0.29, 0.717) is 27.8 Å². The van der Waals surface area contributed by atoms with Crippen molar-refractivity contribution in [2.75, 3.05) is 0 Å². The Balaban J connectivity index is 2.34. The summed E-state index contributed by atoms with van der Waals surface area (Å²) in [7, 11) is -3.49. The molecule has 0 amide bonds. The second-order valence-corrected chi connectivity index (χ2v) is 29.3. The molecule has 1 N–H and O–H groups in total. The molecule has 2 rings (SSSR count). The number of allylic oxidation sites excluding steroid dienone is 3. The van der Waals surface area contributed by atoms with Crippen LogP contribution >= 0.6 is 0 Å². The van der Waals surface area contributed by atoms with Gasteiger partial charge in [0.15, 0.2) is 8.32 Å². The molecule has 0 radical (unpaired) electrons. The molecule has 0 bridgehead atoms. The average molecular weight is 631 g/mol. The Bertz CT molecular complexity index is 984. The third kappa shape index (κ3) is 9.55. The molecular formula is C39H74O2Si2. The standard InChI is InChI=1S/C39H74O2Si2/c1-17-25-39(12)32(23-24-34(39)29(2)20-19-26-38(10,11)40)22-18-21-31-27-33(42(13,14)36(4,5)6)28-35(30(31)3)41-43(15,16)37(7,8)9/h18,21-22,29,32-35,40H,3,17,19-20,23-28H2,1-2,4-16H3/b22-18+,31-21+. The Kier molecular flexibility index (Phi) is 12.7. The van der Waals surface area contributed by atoms with Crippen LogP contribution in [-0.2, 0) is 4.43 Å². The molecule has 0 aromatic carbocycles. The minimum absolute atomic E-state index is 0.138. The van der Waals surface area contributed by atoms with Gasteiger partial charge in [-0.3, -0.25) is 0 Å². The van der Waals surface area contributed by atoms with Crippen molar-refractivity contribution < 1.29 is 9.53 Å². The van der Waals surface area contributed by atoms with Crippen molar-refractivity contribution in [3.8, 4) is 0 Å². The van der Waals surface area contributed by atoms with Crippen molar-refractivity contribution in [2.45, 2.75) is 187 Å². The fourth-order valence-electron chi connectivity index (χ4n) is 7.89. The van der Waals surface area contributed by atoms with E-state index in [2.05, 4.69) is 107 Å². The van der Waals surface area contributed by atoms with Crippen LogP contribution in [0.3, 0.4) is 0 Å². The number of aliphatic hydroxyl groups is 1. The summed E-state index contributed by atoms with van der Waals surface area (Å²) in [6, 6.07) is 0. The molecule has 6 unspecified atom stereocenters. The fourth-order valence-corrected chi connectivity index (χ4v) is 12.0. The summed E-state index contributed by atoms with van der Waals surface area (Å²) in [5, 5.41) is 10.8. The predicted octanol–water partition coefficient (Wildman–Crippen LogP) is 12.5. The van der Waals surface area contributed by atoms with Gasteiger partial charge in [-0.2, -0.15) is 0 Å². The van der Waals surface area contributed by atoms with Crippen LogP contribution in [0.15, 0.2) is 36.0 Å². The lowest BCUT2D eigenvalue weighted by Crippen LogP contribution is -2.49. The molecule has 43 heavy (non-hydrogen) atoms. The first-order chi connectivity index (χ1) is 19.4. The lowest BCUT2D eigenvalue weighted by atomic mass is 9.66. The molecule has 0 aliphatic heterocycles. The molecule has 2 nitrogen and oxygen atoms in total. The third-order valence-corrected chi connectivity index (χ3v) is 23.8. The van der Waals surface area contributed by atoms with Gasteiger partial charge in [-0.15, -0.1) is 0 Å². The smallest absolute Gasteiger partial charge is 0.192 e. The Morgan fingerprint density at radius 1 is 1.02 bits per heavy atom. The van der Waals surface area contributed by atoms with Gasteiger partial charge >= 0.3 is 0 Å². The molecule has 0 aromatic heterocycles. The summed E-state index contributed by atoms with van der Waals surface area (Å²) >= 11 is 0. The Hall–Kier alpha value is -0.426. The normalized spacial score (nSPS) is 30.0. The quantitative estimate of drug-likeness (QED) is 0.217. The molecule has 4 heteroatoms. The number of hydrogen-bond donors (Lipinski definition) is 1. The summed E-state index contributed by atoms with van der Waals surface area (Å²) in [5.41, 5.74) is 3.17. The summed E-state index contributed by atoms with van der Waals surface area (Å²) in [6.45, 7) is 40.5. The molecule has 2 aliphatic carbocycles. The van der Waals surface area contributed by atoms with E-state index >= 15 is 0 Å². The molecule has 0 spiro atoms. The highest BCUT2D eigenvalue weighted by Gasteiger charge is 2.48. The fraction of sp³-hybridized carbons (Fsp3) is 0.846. The minimum atomic E-state index is -1.92. The van der Waals surface area contributed by atoms with Crippen LogP contribution in [0.2, 0.25) is 41.8 Å². The van der Waals surface area contributed by atoms with Crippen LogP contribution in [-0.4, -0.2) is 33.2 Å². The lowest BCUT2D eigenvalue weighted by molar-refractivity contribution is 0.0619. The van der Waals surface area contributed by atoms with Gasteiger partial charge in [-0.05, 0) is 115 Å². The summed E-state index contributed by atoms with van der Waals surface area (Å²) in [4.78, 5) is 0. The van der Waals surface area contributed by atoms with Crippen molar-refractivity contribution in [1.82, 2.24) is 0 Å². The molecule has 2 aliphatic rings. The molecule has 2 fully saturated rings. The highest BCUT2D eigenvalue weighted by atomic mass is 28.4. The second kappa shape index (κ2) is 14.1. The minimum Gasteiger partial charge on any atom is -0.410 e. The monoisotopic (exact) mass is 631 g/mol. The Morgan fingerprint density at radius 2 is 1.63 bits per heavy atom.